The number of nitrogens with zero attached hydrogens (tertiary/aromatic N) is 3. The molecule has 0 radical (unpaired) electrons. The summed E-state index contributed by atoms with van der Waals surface area (Å²) < 4.78 is 17.8. The number of benzene rings is 2. The van der Waals surface area contributed by atoms with Crippen LogP contribution in [0.2, 0.25) is 0 Å². The monoisotopic (exact) mass is 504 g/mol. The van der Waals surface area contributed by atoms with E-state index in [4.69, 9.17) is 13.9 Å². The van der Waals surface area contributed by atoms with E-state index in [0.717, 1.165) is 11.5 Å². The Morgan fingerprint density at radius 2 is 1.94 bits per heavy atom. The average molecular weight is 505 g/mol. The van der Waals surface area contributed by atoms with Crippen molar-refractivity contribution in [1.82, 2.24) is 15.2 Å². The number of nitrogens with one attached hydrogen (secondary N) is 1. The van der Waals surface area contributed by atoms with Gasteiger partial charge in [0, 0.05) is 35.7 Å². The molecule has 1 N–H and O–H groups in total. The lowest BCUT2D eigenvalue weighted by atomic mass is 9.83. The smallest absolute Gasteiger partial charge is 0.257 e. The molecular formula is C27H28N4O4S. The van der Waals surface area contributed by atoms with Gasteiger partial charge in [0.2, 0.25) is 11.8 Å². The van der Waals surface area contributed by atoms with E-state index in [1.165, 1.54) is 37.0 Å². The molecule has 1 fully saturated rings. The van der Waals surface area contributed by atoms with Crippen molar-refractivity contribution in [3.63, 3.8) is 0 Å². The molecule has 1 saturated carbocycles. The van der Waals surface area contributed by atoms with Gasteiger partial charge in [-0.3, -0.25) is 10.1 Å². The Morgan fingerprint density at radius 3 is 2.67 bits per heavy atom. The van der Waals surface area contributed by atoms with Gasteiger partial charge in [-0.25, -0.2) is 4.98 Å². The number of aromatic nitrogens is 3. The Kier molecular flexibility index (Phi) is 7.27. The van der Waals surface area contributed by atoms with E-state index in [9.17, 15) is 4.79 Å². The topological polar surface area (TPSA) is 99.4 Å². The van der Waals surface area contributed by atoms with Crippen LogP contribution in [0.15, 0.2) is 58.5 Å². The molecule has 1 amide bonds. The van der Waals surface area contributed by atoms with Crippen molar-refractivity contribution in [1.29, 1.82) is 0 Å². The fourth-order valence-corrected chi connectivity index (χ4v) is 4.96. The fraction of sp³-hybridized carbons (Fsp3) is 0.333. The van der Waals surface area contributed by atoms with Crippen LogP contribution >= 0.6 is 11.3 Å². The summed E-state index contributed by atoms with van der Waals surface area (Å²) in [6.07, 6.45) is 6.51. The van der Waals surface area contributed by atoms with Crippen molar-refractivity contribution < 1.29 is 18.7 Å². The highest BCUT2D eigenvalue weighted by Crippen LogP contribution is 2.32. The lowest BCUT2D eigenvalue weighted by molar-refractivity contribution is 0.102. The molecule has 2 unspecified atom stereocenters. The van der Waals surface area contributed by atoms with E-state index in [1.54, 1.807) is 25.3 Å². The highest BCUT2D eigenvalue weighted by atomic mass is 32.1. The molecule has 36 heavy (non-hydrogen) atoms. The van der Waals surface area contributed by atoms with Crippen LogP contribution in [0, 0.1) is 18.8 Å². The number of anilines is 1. The number of thiazole rings is 1. The predicted molar refractivity (Wildman–Crippen MR) is 138 cm³/mol. The third-order valence-electron chi connectivity index (χ3n) is 6.19. The third-order valence-corrected chi connectivity index (χ3v) is 6.88. The first-order valence-electron chi connectivity index (χ1n) is 12.1. The average Bonchev–Trinajstić information content (AvgIpc) is 3.55. The van der Waals surface area contributed by atoms with Gasteiger partial charge in [0.25, 0.3) is 5.91 Å². The van der Waals surface area contributed by atoms with Gasteiger partial charge in [-0.05, 0) is 61.1 Å². The van der Waals surface area contributed by atoms with Crippen LogP contribution in [0.5, 0.6) is 17.2 Å². The van der Waals surface area contributed by atoms with Crippen LogP contribution in [-0.2, 0) is 0 Å². The number of aryl methyl sites for hydroxylation is 1. The Balaban J connectivity index is 1.34. The van der Waals surface area contributed by atoms with Crippen molar-refractivity contribution in [2.75, 3.05) is 11.9 Å². The number of amides is 1. The van der Waals surface area contributed by atoms with E-state index >= 15 is 0 Å². The van der Waals surface area contributed by atoms with Gasteiger partial charge in [0.1, 0.15) is 17.2 Å². The van der Waals surface area contributed by atoms with Crippen LogP contribution in [0.4, 0.5) is 5.13 Å². The number of ether oxygens (including phenoxy) is 2. The summed E-state index contributed by atoms with van der Waals surface area (Å²) in [5.41, 5.74) is 1.23. The molecular weight excluding hydrogens is 476 g/mol. The maximum atomic E-state index is 12.9. The van der Waals surface area contributed by atoms with Crippen molar-refractivity contribution in [2.45, 2.75) is 39.5 Å². The quantitative estimate of drug-likeness (QED) is 0.283. The van der Waals surface area contributed by atoms with Crippen LogP contribution in [0.3, 0.4) is 0 Å². The van der Waals surface area contributed by atoms with Crippen LogP contribution < -0.4 is 14.8 Å². The summed E-state index contributed by atoms with van der Waals surface area (Å²) in [6.45, 7) is 4.67. The number of carbonyl (C=O) groups is 1. The first kappa shape index (κ1) is 24.0. The van der Waals surface area contributed by atoms with Gasteiger partial charge in [-0.15, -0.1) is 21.5 Å². The summed E-state index contributed by atoms with van der Waals surface area (Å²) in [5, 5.41) is 13.1. The van der Waals surface area contributed by atoms with Gasteiger partial charge in [0.05, 0.1) is 6.61 Å². The van der Waals surface area contributed by atoms with E-state index in [2.05, 4.69) is 27.4 Å². The molecule has 0 bridgehead atoms. The Morgan fingerprint density at radius 1 is 1.11 bits per heavy atom. The Labute approximate surface area is 213 Å². The van der Waals surface area contributed by atoms with E-state index in [0.29, 0.717) is 52.2 Å². The number of hydrogen-bond donors (Lipinski definition) is 1. The fourth-order valence-electron chi connectivity index (χ4n) is 4.44. The SMILES string of the molecule is Cc1nnc(-c2ccc(Oc3cc(OCC4CCCC(C)C4)cc(C(=O)Nc4nccs4)c3)cc2)o1. The molecule has 0 saturated heterocycles. The van der Waals surface area contributed by atoms with Gasteiger partial charge in [-0.1, -0.05) is 19.8 Å². The standard InChI is InChI=1S/C27H28N4O4S/c1-17-4-3-5-19(12-17)16-33-23-13-21(25(32)29-27-28-10-11-36-27)14-24(15-23)35-22-8-6-20(7-9-22)26-31-30-18(2)34-26/h6-11,13-15,17,19H,3-5,12,16H2,1-2H3,(H,28,29,32). The maximum absolute atomic E-state index is 12.9. The van der Waals surface area contributed by atoms with Crippen LogP contribution in [0.1, 0.15) is 48.9 Å². The molecule has 1 aliphatic rings. The summed E-state index contributed by atoms with van der Waals surface area (Å²) in [4.78, 5) is 17.1. The molecule has 0 spiro atoms. The van der Waals surface area contributed by atoms with E-state index in [-0.39, 0.29) is 5.91 Å². The molecule has 9 heteroatoms. The van der Waals surface area contributed by atoms with E-state index in [1.807, 2.05) is 35.7 Å². The largest absolute Gasteiger partial charge is 0.493 e. The molecule has 2 aromatic heterocycles. The normalized spacial score (nSPS) is 17.5. The Bertz CT molecular complexity index is 1300. The molecule has 4 aromatic rings. The van der Waals surface area contributed by atoms with Crippen molar-refractivity contribution in [3.05, 3.63) is 65.5 Å². The molecule has 186 valence electrons. The van der Waals surface area contributed by atoms with Crippen molar-refractivity contribution >= 4 is 22.4 Å². The third kappa shape index (κ3) is 6.09. The molecule has 1 aliphatic carbocycles. The van der Waals surface area contributed by atoms with Gasteiger partial charge in [0.15, 0.2) is 5.13 Å². The lowest BCUT2D eigenvalue weighted by Gasteiger charge is -2.26. The number of carbonyl (C=O) groups excluding carboxylic acids is 1. The predicted octanol–water partition coefficient (Wildman–Crippen LogP) is 6.75. The maximum Gasteiger partial charge on any atom is 0.257 e. The second kappa shape index (κ2) is 10.9. The number of rotatable bonds is 8. The molecule has 2 aromatic carbocycles. The second-order valence-electron chi connectivity index (χ2n) is 9.19. The molecule has 8 nitrogen and oxygen atoms in total. The minimum Gasteiger partial charge on any atom is -0.493 e. The van der Waals surface area contributed by atoms with Gasteiger partial charge in [-0.2, -0.15) is 0 Å². The zero-order chi connectivity index (χ0) is 24.9. The zero-order valence-electron chi connectivity index (χ0n) is 20.3. The van der Waals surface area contributed by atoms with Gasteiger partial charge >= 0.3 is 0 Å². The first-order valence-corrected chi connectivity index (χ1v) is 13.0. The second-order valence-corrected chi connectivity index (χ2v) is 10.1. The minimum atomic E-state index is -0.270. The molecule has 0 aliphatic heterocycles. The highest BCUT2D eigenvalue weighted by molar-refractivity contribution is 7.13. The van der Waals surface area contributed by atoms with Gasteiger partial charge < -0.3 is 13.9 Å². The van der Waals surface area contributed by atoms with Crippen LogP contribution in [0.25, 0.3) is 11.5 Å². The van der Waals surface area contributed by atoms with E-state index < -0.39 is 0 Å². The number of hydrogen-bond acceptors (Lipinski definition) is 8. The summed E-state index contributed by atoms with van der Waals surface area (Å²) in [7, 11) is 0. The summed E-state index contributed by atoms with van der Waals surface area (Å²) in [5.74, 6) is 3.66. The molecule has 2 atom stereocenters. The van der Waals surface area contributed by atoms with Crippen molar-refractivity contribution in [3.8, 4) is 28.7 Å². The van der Waals surface area contributed by atoms with Crippen LogP contribution in [-0.4, -0.2) is 27.7 Å². The lowest BCUT2D eigenvalue weighted by Crippen LogP contribution is -2.20. The first-order chi connectivity index (χ1) is 17.5. The minimum absolute atomic E-state index is 0.270. The molecule has 5 rings (SSSR count). The summed E-state index contributed by atoms with van der Waals surface area (Å²) in [6, 6.07) is 12.6. The Hall–Kier alpha value is -3.72. The zero-order valence-corrected chi connectivity index (χ0v) is 21.1. The van der Waals surface area contributed by atoms with Crippen molar-refractivity contribution in [2.24, 2.45) is 11.8 Å². The molecule has 2 heterocycles. The highest BCUT2D eigenvalue weighted by Gasteiger charge is 2.20. The summed E-state index contributed by atoms with van der Waals surface area (Å²) >= 11 is 1.36.